The fourth-order valence-corrected chi connectivity index (χ4v) is 2.55. The normalized spacial score (nSPS) is 23.4. The average molecular weight is 244 g/mol. The molecule has 1 aromatic rings. The molecule has 1 nitrogen and oxygen atoms in total. The van der Waals surface area contributed by atoms with Crippen LogP contribution in [0.4, 0.5) is 4.39 Å². The van der Waals surface area contributed by atoms with Crippen molar-refractivity contribution in [2.24, 2.45) is 5.41 Å². The van der Waals surface area contributed by atoms with E-state index in [9.17, 15) is 4.39 Å². The van der Waals surface area contributed by atoms with Gasteiger partial charge in [0.2, 0.25) is 0 Å². The summed E-state index contributed by atoms with van der Waals surface area (Å²) >= 11 is 0. The van der Waals surface area contributed by atoms with Crippen molar-refractivity contribution in [3.63, 3.8) is 0 Å². The van der Waals surface area contributed by atoms with E-state index in [2.05, 4.69) is 23.5 Å². The maximum atomic E-state index is 13.2. The lowest BCUT2D eigenvalue weighted by atomic mass is 9.72. The SMILES string of the molecule is CNCC1(CF)CCc2ccccc2C1.Cl. The summed E-state index contributed by atoms with van der Waals surface area (Å²) in [4.78, 5) is 0. The first-order valence-corrected chi connectivity index (χ1v) is 5.57. The second kappa shape index (κ2) is 5.65. The smallest absolute Gasteiger partial charge is 0.0966 e. The number of halogens is 2. The van der Waals surface area contributed by atoms with Gasteiger partial charge in [0.15, 0.2) is 0 Å². The molecule has 0 aliphatic heterocycles. The summed E-state index contributed by atoms with van der Waals surface area (Å²) in [6.07, 6.45) is 2.85. The summed E-state index contributed by atoms with van der Waals surface area (Å²) in [5, 5.41) is 3.12. The fraction of sp³-hybridized carbons (Fsp3) is 0.538. The Morgan fingerprint density at radius 2 is 2.00 bits per heavy atom. The highest BCUT2D eigenvalue weighted by atomic mass is 35.5. The van der Waals surface area contributed by atoms with E-state index in [1.807, 2.05) is 13.1 Å². The summed E-state index contributed by atoms with van der Waals surface area (Å²) < 4.78 is 13.2. The van der Waals surface area contributed by atoms with Gasteiger partial charge in [0.05, 0.1) is 6.67 Å². The molecule has 0 amide bonds. The van der Waals surface area contributed by atoms with E-state index in [0.717, 1.165) is 25.8 Å². The first kappa shape index (κ1) is 13.5. The highest BCUT2D eigenvalue weighted by molar-refractivity contribution is 5.85. The Labute approximate surface area is 103 Å². The molecule has 0 spiro atoms. The van der Waals surface area contributed by atoms with Gasteiger partial charge in [0, 0.05) is 12.0 Å². The van der Waals surface area contributed by atoms with Gasteiger partial charge in [-0.2, -0.15) is 0 Å². The van der Waals surface area contributed by atoms with Crippen molar-refractivity contribution >= 4 is 12.4 Å². The summed E-state index contributed by atoms with van der Waals surface area (Å²) in [5.74, 6) is 0. The van der Waals surface area contributed by atoms with Crippen LogP contribution in [0.3, 0.4) is 0 Å². The number of nitrogens with one attached hydrogen (secondary N) is 1. The Morgan fingerprint density at radius 1 is 1.31 bits per heavy atom. The lowest BCUT2D eigenvalue weighted by molar-refractivity contribution is 0.175. The van der Waals surface area contributed by atoms with Crippen LogP contribution in [0, 0.1) is 5.41 Å². The molecule has 0 bridgehead atoms. The predicted octanol–water partition coefficient (Wildman–Crippen LogP) is 2.77. The largest absolute Gasteiger partial charge is 0.319 e. The Kier molecular flexibility index (Phi) is 4.75. The predicted molar refractivity (Wildman–Crippen MR) is 68.0 cm³/mol. The molecule has 0 aromatic heterocycles. The molecule has 0 saturated heterocycles. The van der Waals surface area contributed by atoms with E-state index >= 15 is 0 Å². The number of hydrogen-bond acceptors (Lipinski definition) is 1. The molecule has 2 rings (SSSR count). The average Bonchev–Trinajstić information content (AvgIpc) is 2.29. The minimum Gasteiger partial charge on any atom is -0.319 e. The number of alkyl halides is 1. The van der Waals surface area contributed by atoms with Crippen molar-refractivity contribution in [3.05, 3.63) is 35.4 Å². The van der Waals surface area contributed by atoms with Crippen LogP contribution in [-0.2, 0) is 12.8 Å². The molecule has 1 N–H and O–H groups in total. The van der Waals surface area contributed by atoms with Gasteiger partial charge in [-0.05, 0) is 37.4 Å². The van der Waals surface area contributed by atoms with Crippen molar-refractivity contribution < 1.29 is 4.39 Å². The second-order valence-electron chi connectivity index (χ2n) is 4.61. The van der Waals surface area contributed by atoms with Gasteiger partial charge in [-0.3, -0.25) is 4.39 Å². The zero-order valence-corrected chi connectivity index (χ0v) is 10.4. The zero-order valence-electron chi connectivity index (χ0n) is 9.63. The van der Waals surface area contributed by atoms with Gasteiger partial charge in [-0.15, -0.1) is 12.4 Å². The molecule has 3 heteroatoms. The van der Waals surface area contributed by atoms with Crippen molar-refractivity contribution in [2.75, 3.05) is 20.3 Å². The van der Waals surface area contributed by atoms with Crippen LogP contribution in [-0.4, -0.2) is 20.3 Å². The van der Waals surface area contributed by atoms with Crippen molar-refractivity contribution in [1.82, 2.24) is 5.32 Å². The van der Waals surface area contributed by atoms with E-state index in [1.54, 1.807) is 0 Å². The first-order valence-electron chi connectivity index (χ1n) is 5.57. The van der Waals surface area contributed by atoms with Gasteiger partial charge in [-0.25, -0.2) is 0 Å². The van der Waals surface area contributed by atoms with Crippen molar-refractivity contribution in [1.29, 1.82) is 0 Å². The molecule has 90 valence electrons. The topological polar surface area (TPSA) is 12.0 Å². The summed E-state index contributed by atoms with van der Waals surface area (Å²) in [5.41, 5.74) is 2.57. The van der Waals surface area contributed by atoms with Crippen molar-refractivity contribution in [3.8, 4) is 0 Å². The Balaban J connectivity index is 0.00000128. The minimum atomic E-state index is -0.220. The van der Waals surface area contributed by atoms with E-state index in [-0.39, 0.29) is 24.5 Å². The first-order chi connectivity index (χ1) is 7.29. The van der Waals surface area contributed by atoms with Crippen LogP contribution >= 0.6 is 12.4 Å². The fourth-order valence-electron chi connectivity index (χ4n) is 2.55. The molecule has 0 fully saturated rings. The number of benzene rings is 1. The molecule has 16 heavy (non-hydrogen) atoms. The molecular formula is C13H19ClFN. The highest BCUT2D eigenvalue weighted by Crippen LogP contribution is 2.35. The van der Waals surface area contributed by atoms with E-state index in [1.165, 1.54) is 11.1 Å². The van der Waals surface area contributed by atoms with Crippen LogP contribution in [0.5, 0.6) is 0 Å². The second-order valence-corrected chi connectivity index (χ2v) is 4.61. The molecule has 1 unspecified atom stereocenters. The molecule has 1 aliphatic rings. The maximum Gasteiger partial charge on any atom is 0.0966 e. The van der Waals surface area contributed by atoms with Gasteiger partial charge in [-0.1, -0.05) is 24.3 Å². The third-order valence-electron chi connectivity index (χ3n) is 3.44. The lowest BCUT2D eigenvalue weighted by Gasteiger charge is -2.35. The number of fused-ring (bicyclic) bond motifs is 1. The highest BCUT2D eigenvalue weighted by Gasteiger charge is 2.33. The van der Waals surface area contributed by atoms with Gasteiger partial charge in [0.1, 0.15) is 0 Å². The monoisotopic (exact) mass is 243 g/mol. The molecule has 1 aliphatic carbocycles. The minimum absolute atomic E-state index is 0. The van der Waals surface area contributed by atoms with Gasteiger partial charge < -0.3 is 5.32 Å². The van der Waals surface area contributed by atoms with Crippen LogP contribution in [0.25, 0.3) is 0 Å². The van der Waals surface area contributed by atoms with Gasteiger partial charge >= 0.3 is 0 Å². The number of hydrogen-bond donors (Lipinski definition) is 1. The van der Waals surface area contributed by atoms with Gasteiger partial charge in [0.25, 0.3) is 0 Å². The molecule has 0 heterocycles. The third-order valence-corrected chi connectivity index (χ3v) is 3.44. The van der Waals surface area contributed by atoms with Crippen LogP contribution in [0.1, 0.15) is 17.5 Å². The molecular weight excluding hydrogens is 225 g/mol. The summed E-state index contributed by atoms with van der Waals surface area (Å²) in [6, 6.07) is 8.41. The Bertz CT molecular complexity index is 342. The summed E-state index contributed by atoms with van der Waals surface area (Å²) in [6.45, 7) is 0.556. The molecule has 0 radical (unpaired) electrons. The lowest BCUT2D eigenvalue weighted by Crippen LogP contribution is -2.39. The number of aryl methyl sites for hydroxylation is 1. The van der Waals surface area contributed by atoms with E-state index in [0.29, 0.717) is 0 Å². The van der Waals surface area contributed by atoms with Crippen LogP contribution in [0.2, 0.25) is 0 Å². The Morgan fingerprint density at radius 3 is 2.62 bits per heavy atom. The van der Waals surface area contributed by atoms with E-state index < -0.39 is 0 Å². The number of rotatable bonds is 3. The molecule has 1 aromatic carbocycles. The van der Waals surface area contributed by atoms with E-state index in [4.69, 9.17) is 0 Å². The summed E-state index contributed by atoms with van der Waals surface area (Å²) in [7, 11) is 1.90. The standard InChI is InChI=1S/C13H18FN.ClH/c1-15-10-13(9-14)7-6-11-4-2-3-5-12(11)8-13;/h2-5,15H,6-10H2,1H3;1H. The van der Waals surface area contributed by atoms with Crippen LogP contribution in [0.15, 0.2) is 24.3 Å². The zero-order chi connectivity index (χ0) is 10.7. The Hall–Kier alpha value is -0.600. The maximum absolute atomic E-state index is 13.2. The van der Waals surface area contributed by atoms with Crippen LogP contribution < -0.4 is 5.32 Å². The third kappa shape index (κ3) is 2.55. The van der Waals surface area contributed by atoms with Crippen molar-refractivity contribution in [2.45, 2.75) is 19.3 Å². The quantitative estimate of drug-likeness (QED) is 0.861. The molecule has 1 atom stereocenters. The molecule has 0 saturated carbocycles.